The van der Waals surface area contributed by atoms with Gasteiger partial charge in [0.25, 0.3) is 0 Å². The number of carbonyl (C=O) groups is 1. The molecule has 1 saturated carbocycles. The molecule has 1 amide bonds. The predicted molar refractivity (Wildman–Crippen MR) is 121 cm³/mol. The molecule has 0 bridgehead atoms. The van der Waals surface area contributed by atoms with E-state index in [1.165, 1.54) is 6.07 Å². The van der Waals surface area contributed by atoms with Gasteiger partial charge in [-0.2, -0.15) is 21.6 Å². The Hall–Kier alpha value is -3.73. The Kier molecular flexibility index (Phi) is 6.03. The van der Waals surface area contributed by atoms with E-state index in [1.54, 1.807) is 36.4 Å². The number of halogens is 3. The van der Waals surface area contributed by atoms with Gasteiger partial charge in [-0.05, 0) is 54.4 Å². The molecule has 3 aromatic carbocycles. The molecule has 5 rings (SSSR count). The Morgan fingerprint density at radius 1 is 1.00 bits per heavy atom. The Balaban J connectivity index is 1.24. The van der Waals surface area contributed by atoms with E-state index in [-0.39, 0.29) is 36.8 Å². The van der Waals surface area contributed by atoms with E-state index in [4.69, 9.17) is 13.7 Å². The summed E-state index contributed by atoms with van der Waals surface area (Å²) in [7, 11) is -4.37. The monoisotopic (exact) mass is 519 g/mol. The summed E-state index contributed by atoms with van der Waals surface area (Å²) in [6, 6.07) is 14.7. The lowest BCUT2D eigenvalue weighted by Crippen LogP contribution is -2.28. The maximum atomic E-state index is 12.8. The summed E-state index contributed by atoms with van der Waals surface area (Å²) in [5, 5.41) is 2.94. The van der Waals surface area contributed by atoms with E-state index in [0.29, 0.717) is 35.6 Å². The molecule has 36 heavy (non-hydrogen) atoms. The molecule has 11 heteroatoms. The third kappa shape index (κ3) is 5.11. The maximum absolute atomic E-state index is 12.8. The van der Waals surface area contributed by atoms with Crippen molar-refractivity contribution in [2.75, 3.05) is 6.79 Å². The highest BCUT2D eigenvalue weighted by Gasteiger charge is 2.41. The second-order valence-corrected chi connectivity index (χ2v) is 10.0. The zero-order chi connectivity index (χ0) is 25.5. The number of hydrogen-bond acceptors (Lipinski definition) is 6. The van der Waals surface area contributed by atoms with Gasteiger partial charge in [0, 0.05) is 17.5 Å². The Bertz CT molecular complexity index is 1410. The van der Waals surface area contributed by atoms with Gasteiger partial charge >= 0.3 is 16.3 Å². The number of benzene rings is 3. The van der Waals surface area contributed by atoms with Crippen LogP contribution in [0.5, 0.6) is 17.2 Å². The minimum Gasteiger partial charge on any atom is -0.454 e. The van der Waals surface area contributed by atoms with Crippen LogP contribution in [-0.4, -0.2) is 27.2 Å². The van der Waals surface area contributed by atoms with Crippen LogP contribution >= 0.6 is 0 Å². The molecule has 2 aliphatic rings. The number of para-hydroxylation sites is 1. The van der Waals surface area contributed by atoms with E-state index in [0.717, 1.165) is 17.7 Å². The molecule has 0 radical (unpaired) electrons. The quantitative estimate of drug-likeness (QED) is 0.465. The van der Waals surface area contributed by atoms with Crippen LogP contribution in [0, 0.1) is 0 Å². The fourth-order valence-electron chi connectivity index (χ4n) is 4.03. The molecule has 1 fully saturated rings. The molecule has 3 aromatic rings. The normalized spacial score (nSPS) is 18.5. The number of carbonyl (C=O) groups excluding carboxylic acids is 1. The Morgan fingerprint density at radius 2 is 1.72 bits per heavy atom. The van der Waals surface area contributed by atoms with Crippen LogP contribution < -0.4 is 19.0 Å². The van der Waals surface area contributed by atoms with Crippen molar-refractivity contribution in [1.29, 1.82) is 0 Å². The van der Waals surface area contributed by atoms with Crippen molar-refractivity contribution in [3.63, 3.8) is 0 Å². The van der Waals surface area contributed by atoms with Crippen LogP contribution in [0.3, 0.4) is 0 Å². The van der Waals surface area contributed by atoms with Crippen molar-refractivity contribution in [2.45, 2.75) is 35.9 Å². The minimum absolute atomic E-state index is 0.0647. The lowest BCUT2D eigenvalue weighted by atomic mass is 10.1. The van der Waals surface area contributed by atoms with Gasteiger partial charge in [-0.1, -0.05) is 24.3 Å². The van der Waals surface area contributed by atoms with E-state index in [9.17, 15) is 26.4 Å². The number of amides is 1. The molecule has 2 unspecified atom stereocenters. The van der Waals surface area contributed by atoms with Crippen LogP contribution in [0.4, 0.5) is 13.2 Å². The first-order valence-electron chi connectivity index (χ1n) is 11.0. The summed E-state index contributed by atoms with van der Waals surface area (Å²) < 4.78 is 79.7. The molecule has 1 aliphatic heterocycles. The highest BCUT2D eigenvalue weighted by atomic mass is 32.2. The van der Waals surface area contributed by atoms with Crippen molar-refractivity contribution in [3.05, 3.63) is 83.4 Å². The summed E-state index contributed by atoms with van der Waals surface area (Å²) in [4.78, 5) is 12.2. The number of alkyl halides is 3. The molecule has 0 spiro atoms. The van der Waals surface area contributed by atoms with Gasteiger partial charge < -0.3 is 19.0 Å². The van der Waals surface area contributed by atoms with Crippen molar-refractivity contribution in [2.24, 2.45) is 0 Å². The van der Waals surface area contributed by atoms with Crippen molar-refractivity contribution in [1.82, 2.24) is 5.32 Å². The van der Waals surface area contributed by atoms with Gasteiger partial charge in [0.2, 0.25) is 12.7 Å². The first-order valence-corrected chi connectivity index (χ1v) is 12.4. The standard InChI is InChI=1S/C25H20F3NO6S/c26-25(27,28)16-6-8-17(9-7-16)36(31,32)35-21-4-2-1-3-18(21)19-13-20(19)29-24(30)12-15-5-10-22-23(11-15)34-14-33-22/h1-11,19-20H,12-14H2,(H,29,30). The molecular weight excluding hydrogens is 499 g/mol. The first kappa shape index (κ1) is 24.0. The van der Waals surface area contributed by atoms with Crippen molar-refractivity contribution in [3.8, 4) is 17.2 Å². The number of hydrogen-bond donors (Lipinski definition) is 1. The SMILES string of the molecule is O=C(Cc1ccc2c(c1)OCO2)NC1CC1c1ccccc1OS(=O)(=O)c1ccc(C(F)(F)F)cc1. The fourth-order valence-corrected chi connectivity index (χ4v) is 4.99. The van der Waals surface area contributed by atoms with Crippen molar-refractivity contribution < 1.29 is 40.0 Å². The number of nitrogens with one attached hydrogen (secondary N) is 1. The van der Waals surface area contributed by atoms with Crippen LogP contribution in [-0.2, 0) is 27.5 Å². The maximum Gasteiger partial charge on any atom is 0.416 e. The van der Waals surface area contributed by atoms with Gasteiger partial charge in [-0.3, -0.25) is 4.79 Å². The zero-order valence-electron chi connectivity index (χ0n) is 18.6. The summed E-state index contributed by atoms with van der Waals surface area (Å²) in [6.07, 6.45) is -3.85. The van der Waals surface area contributed by atoms with Gasteiger partial charge in [-0.15, -0.1) is 0 Å². The molecule has 1 N–H and O–H groups in total. The lowest BCUT2D eigenvalue weighted by molar-refractivity contribution is -0.137. The topological polar surface area (TPSA) is 90.9 Å². The third-order valence-electron chi connectivity index (χ3n) is 5.93. The van der Waals surface area contributed by atoms with E-state index >= 15 is 0 Å². The second kappa shape index (κ2) is 9.05. The zero-order valence-corrected chi connectivity index (χ0v) is 19.4. The third-order valence-corrected chi connectivity index (χ3v) is 7.18. The first-order chi connectivity index (χ1) is 17.1. The predicted octanol–water partition coefficient (Wildman–Crippen LogP) is 4.42. The largest absolute Gasteiger partial charge is 0.454 e. The highest BCUT2D eigenvalue weighted by molar-refractivity contribution is 7.87. The average Bonchev–Trinajstić information content (AvgIpc) is 3.41. The summed E-state index contributed by atoms with van der Waals surface area (Å²) in [5.41, 5.74) is 0.390. The average molecular weight is 519 g/mol. The lowest BCUT2D eigenvalue weighted by Gasteiger charge is -2.13. The van der Waals surface area contributed by atoms with Crippen molar-refractivity contribution >= 4 is 16.0 Å². The molecule has 1 heterocycles. The van der Waals surface area contributed by atoms with Crippen LogP contribution in [0.25, 0.3) is 0 Å². The molecule has 0 aromatic heterocycles. The number of ether oxygens (including phenoxy) is 2. The number of fused-ring (bicyclic) bond motifs is 1. The Labute approximate surface area is 204 Å². The highest BCUT2D eigenvalue weighted by Crippen LogP contribution is 2.45. The van der Waals surface area contributed by atoms with Gasteiger partial charge in [0.15, 0.2) is 11.5 Å². The van der Waals surface area contributed by atoms with Gasteiger partial charge in [0.1, 0.15) is 10.6 Å². The Morgan fingerprint density at radius 3 is 2.47 bits per heavy atom. The van der Waals surface area contributed by atoms with Gasteiger partial charge in [-0.25, -0.2) is 0 Å². The molecular formula is C25H20F3NO6S. The molecule has 0 saturated heterocycles. The molecule has 1 aliphatic carbocycles. The van der Waals surface area contributed by atoms with E-state index in [2.05, 4.69) is 5.32 Å². The molecule has 7 nitrogen and oxygen atoms in total. The summed E-state index contributed by atoms with van der Waals surface area (Å²) >= 11 is 0. The van der Waals surface area contributed by atoms with E-state index in [1.807, 2.05) is 0 Å². The summed E-state index contributed by atoms with van der Waals surface area (Å²) in [5.74, 6) is 0.922. The summed E-state index contributed by atoms with van der Waals surface area (Å²) in [6.45, 7) is 0.144. The smallest absolute Gasteiger partial charge is 0.416 e. The second-order valence-electron chi connectivity index (χ2n) is 8.48. The number of rotatable bonds is 7. The van der Waals surface area contributed by atoms with Crippen LogP contribution in [0.1, 0.15) is 29.0 Å². The van der Waals surface area contributed by atoms with Crippen LogP contribution in [0.15, 0.2) is 71.6 Å². The molecule has 2 atom stereocenters. The fraction of sp³-hybridized carbons (Fsp3) is 0.240. The molecule has 188 valence electrons. The van der Waals surface area contributed by atoms with Gasteiger partial charge in [0.05, 0.1) is 12.0 Å². The minimum atomic E-state index is -4.58. The van der Waals surface area contributed by atoms with Crippen LogP contribution in [0.2, 0.25) is 0 Å². The van der Waals surface area contributed by atoms with E-state index < -0.39 is 26.8 Å².